The fraction of sp³-hybridized carbons (Fsp3) is 0.647. The van der Waals surface area contributed by atoms with Gasteiger partial charge in [0.2, 0.25) is 0 Å². The summed E-state index contributed by atoms with van der Waals surface area (Å²) in [4.78, 5) is 27.3. The molecular weight excluding hydrogens is 298 g/mol. The van der Waals surface area contributed by atoms with E-state index in [2.05, 4.69) is 6.92 Å². The second kappa shape index (κ2) is 6.82. The summed E-state index contributed by atoms with van der Waals surface area (Å²) in [7, 11) is 0. The van der Waals surface area contributed by atoms with Crippen molar-refractivity contribution in [2.24, 2.45) is 5.92 Å². The van der Waals surface area contributed by atoms with E-state index in [1.165, 1.54) is 11.3 Å². The summed E-state index contributed by atoms with van der Waals surface area (Å²) in [5.41, 5.74) is -0.511. The maximum Gasteiger partial charge on any atom is 0.410 e. The van der Waals surface area contributed by atoms with Gasteiger partial charge in [0.25, 0.3) is 0 Å². The van der Waals surface area contributed by atoms with Crippen LogP contribution < -0.4 is 0 Å². The smallest absolute Gasteiger partial charge is 0.410 e. The Morgan fingerprint density at radius 1 is 1.41 bits per heavy atom. The van der Waals surface area contributed by atoms with Crippen molar-refractivity contribution in [3.8, 4) is 0 Å². The number of likely N-dealkylation sites (tertiary alicyclic amines) is 1. The minimum absolute atomic E-state index is 0.0619. The number of rotatable bonds is 3. The predicted octanol–water partition coefficient (Wildman–Crippen LogP) is 4.36. The molecule has 2 atom stereocenters. The van der Waals surface area contributed by atoms with Crippen molar-refractivity contribution in [2.45, 2.75) is 58.6 Å². The van der Waals surface area contributed by atoms with Crippen LogP contribution in [0.5, 0.6) is 0 Å². The molecule has 4 nitrogen and oxygen atoms in total. The molecule has 5 heteroatoms. The molecule has 2 rings (SSSR count). The first-order valence-corrected chi connectivity index (χ1v) is 8.70. The van der Waals surface area contributed by atoms with E-state index < -0.39 is 5.60 Å². The zero-order chi connectivity index (χ0) is 16.3. The van der Waals surface area contributed by atoms with E-state index in [4.69, 9.17) is 4.74 Å². The van der Waals surface area contributed by atoms with Crippen LogP contribution in [0.25, 0.3) is 0 Å². The standard InChI is InChI=1S/C17H25NO3S/c1-12-7-8-18(16(20)21-17(2,3)4)13(10-12)11-14(19)15-6-5-9-22-15/h5-6,9,12-13H,7-8,10-11H2,1-4H3. The van der Waals surface area contributed by atoms with Crippen molar-refractivity contribution in [1.82, 2.24) is 4.90 Å². The van der Waals surface area contributed by atoms with E-state index in [1.807, 2.05) is 38.3 Å². The lowest BCUT2D eigenvalue weighted by Gasteiger charge is -2.38. The zero-order valence-corrected chi connectivity index (χ0v) is 14.6. The van der Waals surface area contributed by atoms with Crippen molar-refractivity contribution in [3.05, 3.63) is 22.4 Å². The highest BCUT2D eigenvalue weighted by molar-refractivity contribution is 7.12. The molecule has 122 valence electrons. The van der Waals surface area contributed by atoms with Gasteiger partial charge in [-0.05, 0) is 51.0 Å². The van der Waals surface area contributed by atoms with Gasteiger partial charge in [-0.25, -0.2) is 4.79 Å². The Balaban J connectivity index is 2.06. The molecule has 1 aromatic heterocycles. The van der Waals surface area contributed by atoms with E-state index in [0.717, 1.165) is 17.7 Å². The Bertz CT molecular complexity index is 519. The summed E-state index contributed by atoms with van der Waals surface area (Å²) in [5, 5.41) is 1.91. The number of thiophene rings is 1. The number of hydrogen-bond acceptors (Lipinski definition) is 4. The molecular formula is C17H25NO3S. The number of Topliss-reactive ketones (excluding diaryl/α,β-unsaturated/α-hetero) is 1. The Hall–Kier alpha value is -1.36. The van der Waals surface area contributed by atoms with Crippen LogP contribution in [0.2, 0.25) is 0 Å². The van der Waals surface area contributed by atoms with E-state index >= 15 is 0 Å². The Morgan fingerprint density at radius 2 is 2.14 bits per heavy atom. The number of ketones is 1. The third-order valence-electron chi connectivity index (χ3n) is 3.82. The van der Waals surface area contributed by atoms with Gasteiger partial charge in [-0.2, -0.15) is 0 Å². The fourth-order valence-corrected chi connectivity index (χ4v) is 3.43. The Kier molecular flexibility index (Phi) is 5.27. The van der Waals surface area contributed by atoms with Gasteiger partial charge in [-0.15, -0.1) is 11.3 Å². The lowest BCUT2D eigenvalue weighted by Crippen LogP contribution is -2.48. The van der Waals surface area contributed by atoms with Crippen LogP contribution in [0.4, 0.5) is 4.79 Å². The van der Waals surface area contributed by atoms with Crippen LogP contribution in [-0.2, 0) is 4.74 Å². The van der Waals surface area contributed by atoms with Crippen LogP contribution in [-0.4, -0.2) is 35.0 Å². The molecule has 0 radical (unpaired) electrons. The molecule has 0 aromatic carbocycles. The SMILES string of the molecule is CC1CCN(C(=O)OC(C)(C)C)C(CC(=O)c2cccs2)C1. The number of amides is 1. The van der Waals surface area contributed by atoms with E-state index in [1.54, 1.807) is 4.90 Å². The minimum atomic E-state index is -0.511. The average Bonchev–Trinajstić information content (AvgIpc) is 2.90. The molecule has 1 saturated heterocycles. The molecule has 0 N–H and O–H groups in total. The van der Waals surface area contributed by atoms with Gasteiger partial charge in [0.05, 0.1) is 4.88 Å². The predicted molar refractivity (Wildman–Crippen MR) is 88.4 cm³/mol. The van der Waals surface area contributed by atoms with Gasteiger partial charge in [0, 0.05) is 19.0 Å². The first-order valence-electron chi connectivity index (χ1n) is 7.82. The zero-order valence-electron chi connectivity index (χ0n) is 13.8. The first-order chi connectivity index (χ1) is 10.3. The number of hydrogen-bond donors (Lipinski definition) is 0. The Morgan fingerprint density at radius 3 is 2.73 bits per heavy atom. The van der Waals surface area contributed by atoms with Crippen LogP contribution in [0.1, 0.15) is 56.6 Å². The van der Waals surface area contributed by atoms with Gasteiger partial charge in [0.1, 0.15) is 5.60 Å². The number of ether oxygens (including phenoxy) is 1. The van der Waals surface area contributed by atoms with Gasteiger partial charge < -0.3 is 9.64 Å². The molecule has 2 heterocycles. The van der Waals surface area contributed by atoms with E-state index in [-0.39, 0.29) is 17.9 Å². The molecule has 1 amide bonds. The molecule has 1 aliphatic rings. The number of carbonyl (C=O) groups excluding carboxylic acids is 2. The van der Waals surface area contributed by atoms with Crippen molar-refractivity contribution in [1.29, 1.82) is 0 Å². The van der Waals surface area contributed by atoms with Crippen molar-refractivity contribution in [2.75, 3.05) is 6.54 Å². The number of carbonyl (C=O) groups is 2. The quantitative estimate of drug-likeness (QED) is 0.777. The molecule has 22 heavy (non-hydrogen) atoms. The number of piperidine rings is 1. The first kappa shape index (κ1) is 17.0. The highest BCUT2D eigenvalue weighted by atomic mass is 32.1. The monoisotopic (exact) mass is 323 g/mol. The summed E-state index contributed by atoms with van der Waals surface area (Å²) in [5.74, 6) is 0.641. The summed E-state index contributed by atoms with van der Waals surface area (Å²) in [6.45, 7) is 8.43. The molecule has 1 aliphatic heterocycles. The van der Waals surface area contributed by atoms with Gasteiger partial charge in [-0.1, -0.05) is 13.0 Å². The van der Waals surface area contributed by atoms with E-state index in [0.29, 0.717) is 18.9 Å². The highest BCUT2D eigenvalue weighted by Crippen LogP contribution is 2.28. The van der Waals surface area contributed by atoms with Gasteiger partial charge in [-0.3, -0.25) is 4.79 Å². The van der Waals surface area contributed by atoms with Crippen LogP contribution in [0.3, 0.4) is 0 Å². The summed E-state index contributed by atoms with van der Waals surface area (Å²) < 4.78 is 5.49. The van der Waals surface area contributed by atoms with Crippen LogP contribution >= 0.6 is 11.3 Å². The lowest BCUT2D eigenvalue weighted by atomic mass is 9.90. The average molecular weight is 323 g/mol. The molecule has 0 saturated carbocycles. The molecule has 1 aromatic rings. The minimum Gasteiger partial charge on any atom is -0.444 e. The highest BCUT2D eigenvalue weighted by Gasteiger charge is 2.34. The normalized spacial score (nSPS) is 22.5. The Labute approximate surface area is 136 Å². The third-order valence-corrected chi connectivity index (χ3v) is 4.73. The molecule has 0 aliphatic carbocycles. The van der Waals surface area contributed by atoms with Crippen molar-refractivity contribution < 1.29 is 14.3 Å². The fourth-order valence-electron chi connectivity index (χ4n) is 2.76. The molecule has 0 spiro atoms. The second-order valence-electron chi connectivity index (χ2n) is 7.06. The largest absolute Gasteiger partial charge is 0.444 e. The molecule has 1 fully saturated rings. The summed E-state index contributed by atoms with van der Waals surface area (Å²) in [6.07, 6.45) is 1.90. The van der Waals surface area contributed by atoms with E-state index in [9.17, 15) is 9.59 Å². The maximum atomic E-state index is 12.4. The van der Waals surface area contributed by atoms with Gasteiger partial charge in [0.15, 0.2) is 5.78 Å². The summed E-state index contributed by atoms with van der Waals surface area (Å²) in [6, 6.07) is 3.66. The van der Waals surface area contributed by atoms with Crippen molar-refractivity contribution in [3.63, 3.8) is 0 Å². The second-order valence-corrected chi connectivity index (χ2v) is 8.01. The van der Waals surface area contributed by atoms with Crippen LogP contribution in [0, 0.1) is 5.92 Å². The topological polar surface area (TPSA) is 46.6 Å². The van der Waals surface area contributed by atoms with Crippen LogP contribution in [0.15, 0.2) is 17.5 Å². The van der Waals surface area contributed by atoms with Crippen molar-refractivity contribution >= 4 is 23.2 Å². The molecule has 2 unspecified atom stereocenters. The molecule has 0 bridgehead atoms. The third kappa shape index (κ3) is 4.57. The number of nitrogens with zero attached hydrogens (tertiary/aromatic N) is 1. The lowest BCUT2D eigenvalue weighted by molar-refractivity contribution is 0.00516. The van der Waals surface area contributed by atoms with Gasteiger partial charge >= 0.3 is 6.09 Å². The summed E-state index contributed by atoms with van der Waals surface area (Å²) >= 11 is 1.46. The maximum absolute atomic E-state index is 12.4.